The minimum atomic E-state index is -0.969. The van der Waals surface area contributed by atoms with E-state index in [4.69, 9.17) is 4.42 Å². The fourth-order valence-corrected chi connectivity index (χ4v) is 3.15. The van der Waals surface area contributed by atoms with Crippen molar-refractivity contribution in [3.05, 3.63) is 88.5 Å². The van der Waals surface area contributed by atoms with Gasteiger partial charge in [0.2, 0.25) is 11.2 Å². The van der Waals surface area contributed by atoms with E-state index in [2.05, 4.69) is 0 Å². The molecule has 0 saturated carbocycles. The number of hydrogen-bond acceptors (Lipinski definition) is 5. The van der Waals surface area contributed by atoms with Crippen LogP contribution in [0.1, 0.15) is 23.7 Å². The Morgan fingerprint density at radius 2 is 1.59 bits per heavy atom. The summed E-state index contributed by atoms with van der Waals surface area (Å²) >= 11 is 0. The summed E-state index contributed by atoms with van der Waals surface area (Å²) in [6.45, 7) is -0.402. The largest absolute Gasteiger partial charge is 0.502 e. The zero-order valence-electron chi connectivity index (χ0n) is 14.8. The summed E-state index contributed by atoms with van der Waals surface area (Å²) < 4.78 is 5.37. The van der Waals surface area contributed by atoms with Gasteiger partial charge in [-0.05, 0) is 29.5 Å². The Kier molecular flexibility index (Phi) is 6.06. The first-order chi connectivity index (χ1) is 13.1. The van der Waals surface area contributed by atoms with E-state index in [1.54, 1.807) is 0 Å². The Morgan fingerprint density at radius 3 is 2.26 bits per heavy atom. The van der Waals surface area contributed by atoms with Crippen molar-refractivity contribution in [1.29, 1.82) is 0 Å². The van der Waals surface area contributed by atoms with Gasteiger partial charge in [-0.1, -0.05) is 54.6 Å². The van der Waals surface area contributed by atoms with Crippen LogP contribution in [0.4, 0.5) is 0 Å². The summed E-state index contributed by atoms with van der Waals surface area (Å²) in [5.74, 6) is -0.765. The second-order valence-electron chi connectivity index (χ2n) is 6.53. The third kappa shape index (κ3) is 4.64. The summed E-state index contributed by atoms with van der Waals surface area (Å²) in [7, 11) is 0. The van der Waals surface area contributed by atoms with Crippen LogP contribution in [0.15, 0.2) is 76.1 Å². The van der Waals surface area contributed by atoms with Crippen LogP contribution < -0.4 is 5.43 Å². The van der Waals surface area contributed by atoms with Gasteiger partial charge in [0.05, 0.1) is 19.0 Å². The van der Waals surface area contributed by atoms with Crippen LogP contribution in [0, 0.1) is 0 Å². The molecule has 1 heterocycles. The average Bonchev–Trinajstić information content (AvgIpc) is 2.70. The minimum Gasteiger partial charge on any atom is -0.502 e. The van der Waals surface area contributed by atoms with E-state index in [0.717, 1.165) is 22.8 Å². The molecule has 0 aliphatic carbocycles. The molecular formula is C22H22O5. The molecule has 0 aliphatic rings. The fourth-order valence-electron chi connectivity index (χ4n) is 3.15. The molecule has 0 aliphatic heterocycles. The first kappa shape index (κ1) is 18.9. The number of rotatable bonds is 7. The lowest BCUT2D eigenvalue weighted by molar-refractivity contribution is 0.0795. The molecule has 27 heavy (non-hydrogen) atoms. The van der Waals surface area contributed by atoms with Gasteiger partial charge < -0.3 is 19.7 Å². The summed E-state index contributed by atoms with van der Waals surface area (Å²) in [4.78, 5) is 11.7. The number of benzene rings is 2. The van der Waals surface area contributed by atoms with Crippen molar-refractivity contribution in [3.63, 3.8) is 0 Å². The van der Waals surface area contributed by atoms with E-state index < -0.39 is 29.8 Å². The van der Waals surface area contributed by atoms with Gasteiger partial charge in [0.25, 0.3) is 0 Å². The zero-order chi connectivity index (χ0) is 19.2. The molecule has 2 atom stereocenters. The van der Waals surface area contributed by atoms with E-state index in [0.29, 0.717) is 6.42 Å². The highest BCUT2D eigenvalue weighted by Gasteiger charge is 2.23. The number of aromatic hydroxyl groups is 1. The molecule has 0 spiro atoms. The van der Waals surface area contributed by atoms with Crippen LogP contribution in [0.3, 0.4) is 0 Å². The van der Waals surface area contributed by atoms with Gasteiger partial charge in [-0.15, -0.1) is 0 Å². The first-order valence-electron chi connectivity index (χ1n) is 8.82. The Labute approximate surface area is 157 Å². The smallest absolute Gasteiger partial charge is 0.226 e. The molecule has 5 heteroatoms. The molecule has 1 aromatic heterocycles. The summed E-state index contributed by atoms with van der Waals surface area (Å²) in [6.07, 6.45) is 0.877. The maximum atomic E-state index is 11.7. The van der Waals surface area contributed by atoms with Gasteiger partial charge in [0, 0.05) is 12.0 Å². The predicted molar refractivity (Wildman–Crippen MR) is 103 cm³/mol. The van der Waals surface area contributed by atoms with Crippen molar-refractivity contribution in [1.82, 2.24) is 0 Å². The number of aliphatic hydroxyl groups is 2. The normalized spacial score (nSPS) is 13.3. The molecular weight excluding hydrogens is 344 g/mol. The molecule has 3 aromatic rings. The van der Waals surface area contributed by atoms with Crippen LogP contribution in [0.5, 0.6) is 5.75 Å². The van der Waals surface area contributed by atoms with Crippen molar-refractivity contribution in [2.75, 3.05) is 6.61 Å². The predicted octanol–water partition coefficient (Wildman–Crippen LogP) is 3.08. The average molecular weight is 366 g/mol. The van der Waals surface area contributed by atoms with Crippen molar-refractivity contribution in [2.24, 2.45) is 0 Å². The Hall–Kier alpha value is -2.89. The third-order valence-electron chi connectivity index (χ3n) is 4.56. The van der Waals surface area contributed by atoms with Crippen LogP contribution in [-0.2, 0) is 6.42 Å². The summed E-state index contributed by atoms with van der Waals surface area (Å²) in [6, 6.07) is 19.1. The summed E-state index contributed by atoms with van der Waals surface area (Å²) in [5.41, 5.74) is 2.64. The quantitative estimate of drug-likeness (QED) is 0.598. The summed E-state index contributed by atoms with van der Waals surface area (Å²) in [5, 5.41) is 29.1. The van der Waals surface area contributed by atoms with E-state index >= 15 is 0 Å². The molecule has 0 fully saturated rings. The van der Waals surface area contributed by atoms with Gasteiger partial charge in [0.1, 0.15) is 0 Å². The molecule has 0 amide bonds. The lowest BCUT2D eigenvalue weighted by Crippen LogP contribution is -2.19. The second kappa shape index (κ2) is 8.66. The molecule has 0 saturated heterocycles. The van der Waals surface area contributed by atoms with Crippen molar-refractivity contribution < 1.29 is 19.7 Å². The Morgan fingerprint density at radius 1 is 0.926 bits per heavy atom. The van der Waals surface area contributed by atoms with Gasteiger partial charge >= 0.3 is 0 Å². The van der Waals surface area contributed by atoms with Gasteiger partial charge in [-0.2, -0.15) is 0 Å². The maximum Gasteiger partial charge on any atom is 0.226 e. The Balaban J connectivity index is 1.85. The molecule has 2 unspecified atom stereocenters. The van der Waals surface area contributed by atoms with E-state index in [1.165, 1.54) is 6.26 Å². The third-order valence-corrected chi connectivity index (χ3v) is 4.56. The highest BCUT2D eigenvalue weighted by Crippen LogP contribution is 2.31. The number of aliphatic hydroxyl groups excluding tert-OH is 2. The molecule has 3 rings (SSSR count). The maximum absolute atomic E-state index is 11.7. The van der Waals surface area contributed by atoms with Gasteiger partial charge in [0.15, 0.2) is 5.76 Å². The van der Waals surface area contributed by atoms with Gasteiger partial charge in [-0.3, -0.25) is 4.79 Å². The second-order valence-corrected chi connectivity index (χ2v) is 6.53. The SMILES string of the molecule is O=c1ccoc(C(Cc2ccc(-c3ccccc3)cc2)CC(O)CO)c1O. The van der Waals surface area contributed by atoms with E-state index in [9.17, 15) is 20.1 Å². The van der Waals surface area contributed by atoms with Crippen LogP contribution in [0.2, 0.25) is 0 Å². The minimum absolute atomic E-state index is 0.127. The van der Waals surface area contributed by atoms with Crippen LogP contribution in [0.25, 0.3) is 11.1 Å². The fraction of sp³-hybridized carbons (Fsp3) is 0.227. The molecule has 5 nitrogen and oxygen atoms in total. The highest BCUT2D eigenvalue weighted by atomic mass is 16.4. The van der Waals surface area contributed by atoms with E-state index in [1.807, 2.05) is 54.6 Å². The monoisotopic (exact) mass is 366 g/mol. The highest BCUT2D eigenvalue weighted by molar-refractivity contribution is 5.63. The van der Waals surface area contributed by atoms with Crippen molar-refractivity contribution >= 4 is 0 Å². The molecule has 140 valence electrons. The van der Waals surface area contributed by atoms with Crippen LogP contribution >= 0.6 is 0 Å². The van der Waals surface area contributed by atoms with Gasteiger partial charge in [-0.25, -0.2) is 0 Å². The topological polar surface area (TPSA) is 90.9 Å². The number of hydrogen-bond donors (Lipinski definition) is 3. The zero-order valence-corrected chi connectivity index (χ0v) is 14.8. The molecule has 3 N–H and O–H groups in total. The molecule has 0 bridgehead atoms. The van der Waals surface area contributed by atoms with Crippen LogP contribution in [-0.4, -0.2) is 28.0 Å². The lowest BCUT2D eigenvalue weighted by atomic mass is 9.90. The first-order valence-corrected chi connectivity index (χ1v) is 8.82. The lowest BCUT2D eigenvalue weighted by Gasteiger charge is -2.19. The Bertz CT molecular complexity index is 915. The van der Waals surface area contributed by atoms with Crippen molar-refractivity contribution in [3.8, 4) is 16.9 Å². The van der Waals surface area contributed by atoms with E-state index in [-0.39, 0.29) is 12.2 Å². The molecule has 2 aromatic carbocycles. The standard InChI is InChI=1S/C22H22O5/c23-14-19(24)13-18(22-21(26)20(25)10-11-27-22)12-15-6-8-17(9-7-15)16-4-2-1-3-5-16/h1-11,18-19,23-24,26H,12-14H2. The molecule has 0 radical (unpaired) electrons. The van der Waals surface area contributed by atoms with Crippen molar-refractivity contribution in [2.45, 2.75) is 24.9 Å².